The first-order valence-electron chi connectivity index (χ1n) is 4.24. The van der Waals surface area contributed by atoms with Gasteiger partial charge in [-0.2, -0.15) is 0 Å². The molecule has 0 fully saturated rings. The lowest BCUT2D eigenvalue weighted by Crippen LogP contribution is -2.25. The molecule has 2 nitrogen and oxygen atoms in total. The van der Waals surface area contributed by atoms with Gasteiger partial charge < -0.3 is 5.32 Å². The highest BCUT2D eigenvalue weighted by atomic mass is 16.1. The first kappa shape index (κ1) is 11.0. The van der Waals surface area contributed by atoms with E-state index < -0.39 is 0 Å². The van der Waals surface area contributed by atoms with Crippen LogP contribution in [-0.4, -0.2) is 12.5 Å². The van der Waals surface area contributed by atoms with Crippen LogP contribution in [0.2, 0.25) is 0 Å². The summed E-state index contributed by atoms with van der Waals surface area (Å²) in [4.78, 5) is 11.0. The molecule has 0 aromatic carbocycles. The summed E-state index contributed by atoms with van der Waals surface area (Å²) in [5.41, 5.74) is 0. The van der Waals surface area contributed by atoms with Crippen LogP contribution in [0, 0.1) is 5.92 Å². The van der Waals surface area contributed by atoms with Crippen LogP contribution < -0.4 is 5.32 Å². The molecular weight excluding hydrogens is 150 g/mol. The second-order valence-corrected chi connectivity index (χ2v) is 3.02. The van der Waals surface area contributed by atoms with Crippen LogP contribution in [0.5, 0.6) is 0 Å². The summed E-state index contributed by atoms with van der Waals surface area (Å²) < 4.78 is 0. The first-order valence-corrected chi connectivity index (χ1v) is 4.24. The molecule has 0 saturated heterocycles. The normalized spacial score (nSPS) is 11.7. The number of hydrogen-bond donors (Lipinski definition) is 1. The minimum Gasteiger partial charge on any atom is -0.352 e. The maximum absolute atomic E-state index is 11.0. The molecule has 1 amide bonds. The van der Waals surface area contributed by atoms with Crippen LogP contribution in [0.4, 0.5) is 0 Å². The highest BCUT2D eigenvalue weighted by Gasteiger charge is 1.95. The van der Waals surface area contributed by atoms with Gasteiger partial charge in [0.1, 0.15) is 0 Å². The minimum atomic E-state index is -0.0261. The van der Waals surface area contributed by atoms with Gasteiger partial charge in [-0.15, -0.1) is 0 Å². The Balaban J connectivity index is 3.59. The van der Waals surface area contributed by atoms with Gasteiger partial charge in [0.15, 0.2) is 0 Å². The lowest BCUT2D eigenvalue weighted by Gasteiger charge is -2.03. The molecule has 2 heteroatoms. The van der Waals surface area contributed by atoms with Gasteiger partial charge in [0.25, 0.3) is 0 Å². The van der Waals surface area contributed by atoms with Gasteiger partial charge >= 0.3 is 0 Å². The molecule has 0 saturated carbocycles. The molecule has 0 rings (SSSR count). The van der Waals surface area contributed by atoms with E-state index in [0.717, 1.165) is 6.54 Å². The molecule has 1 N–H and O–H groups in total. The van der Waals surface area contributed by atoms with Crippen LogP contribution in [0.3, 0.4) is 0 Å². The Kier molecular flexibility index (Phi) is 6.07. The van der Waals surface area contributed by atoms with Gasteiger partial charge in [0.05, 0.1) is 0 Å². The van der Waals surface area contributed by atoms with Crippen LogP contribution in [-0.2, 0) is 4.79 Å². The zero-order valence-electron chi connectivity index (χ0n) is 8.00. The summed E-state index contributed by atoms with van der Waals surface area (Å²) in [6, 6.07) is 0. The van der Waals surface area contributed by atoms with E-state index in [-0.39, 0.29) is 5.91 Å². The van der Waals surface area contributed by atoms with Crippen molar-refractivity contribution in [1.29, 1.82) is 0 Å². The SMILES string of the molecule is C/C=C/C=C/C(=O)NCC(C)C. The van der Waals surface area contributed by atoms with E-state index in [4.69, 9.17) is 0 Å². The van der Waals surface area contributed by atoms with E-state index in [1.807, 2.05) is 19.1 Å². The number of rotatable bonds is 4. The first-order chi connectivity index (χ1) is 5.66. The summed E-state index contributed by atoms with van der Waals surface area (Å²) in [5, 5.41) is 2.78. The van der Waals surface area contributed by atoms with Gasteiger partial charge in [-0.1, -0.05) is 32.1 Å². The highest BCUT2D eigenvalue weighted by molar-refractivity contribution is 5.87. The second-order valence-electron chi connectivity index (χ2n) is 3.02. The van der Waals surface area contributed by atoms with Crippen molar-refractivity contribution < 1.29 is 4.79 Å². The molecule has 12 heavy (non-hydrogen) atoms. The summed E-state index contributed by atoms with van der Waals surface area (Å²) in [7, 11) is 0. The molecule has 0 spiro atoms. The third-order valence-corrected chi connectivity index (χ3v) is 1.24. The third kappa shape index (κ3) is 7.06. The molecule has 0 aliphatic carbocycles. The van der Waals surface area contributed by atoms with Gasteiger partial charge in [-0.25, -0.2) is 0 Å². The van der Waals surface area contributed by atoms with Crippen molar-refractivity contribution in [2.75, 3.05) is 6.54 Å². The van der Waals surface area contributed by atoms with Gasteiger partial charge in [-0.05, 0) is 12.8 Å². The van der Waals surface area contributed by atoms with Gasteiger partial charge in [0, 0.05) is 12.6 Å². The Morgan fingerprint density at radius 3 is 2.58 bits per heavy atom. The third-order valence-electron chi connectivity index (χ3n) is 1.24. The monoisotopic (exact) mass is 167 g/mol. The molecule has 0 aliphatic rings. The second kappa shape index (κ2) is 6.65. The van der Waals surface area contributed by atoms with E-state index in [9.17, 15) is 4.79 Å². The quantitative estimate of drug-likeness (QED) is 0.503. The van der Waals surface area contributed by atoms with Crippen molar-refractivity contribution in [2.45, 2.75) is 20.8 Å². The van der Waals surface area contributed by atoms with E-state index in [1.54, 1.807) is 6.08 Å². The number of hydrogen-bond acceptors (Lipinski definition) is 1. The van der Waals surface area contributed by atoms with Crippen molar-refractivity contribution >= 4 is 5.91 Å². The Morgan fingerprint density at radius 1 is 1.42 bits per heavy atom. The standard InChI is InChI=1S/C10H17NO/c1-4-5-6-7-10(12)11-8-9(2)3/h4-7,9H,8H2,1-3H3,(H,11,12)/b5-4+,7-6+. The minimum absolute atomic E-state index is 0.0261. The van der Waals surface area contributed by atoms with Crippen LogP contribution in [0.25, 0.3) is 0 Å². The maximum atomic E-state index is 11.0. The fourth-order valence-corrected chi connectivity index (χ4v) is 0.618. The average Bonchev–Trinajstić information content (AvgIpc) is 2.01. The predicted octanol–water partition coefficient (Wildman–Crippen LogP) is 1.89. The Morgan fingerprint density at radius 2 is 2.08 bits per heavy atom. The topological polar surface area (TPSA) is 29.1 Å². The van der Waals surface area contributed by atoms with E-state index in [2.05, 4.69) is 19.2 Å². The van der Waals surface area contributed by atoms with E-state index in [1.165, 1.54) is 6.08 Å². The number of amides is 1. The summed E-state index contributed by atoms with van der Waals surface area (Å²) in [6.07, 6.45) is 6.97. The summed E-state index contributed by atoms with van der Waals surface area (Å²) in [5.74, 6) is 0.478. The molecule has 0 atom stereocenters. The molecule has 0 aromatic heterocycles. The average molecular weight is 167 g/mol. The molecule has 0 heterocycles. The fourth-order valence-electron chi connectivity index (χ4n) is 0.618. The Labute approximate surface area is 74.4 Å². The number of allylic oxidation sites excluding steroid dienone is 3. The Bertz CT molecular complexity index is 180. The maximum Gasteiger partial charge on any atom is 0.243 e. The van der Waals surface area contributed by atoms with Crippen molar-refractivity contribution in [1.82, 2.24) is 5.32 Å². The molecular formula is C10H17NO. The largest absolute Gasteiger partial charge is 0.352 e. The number of nitrogens with one attached hydrogen (secondary N) is 1. The molecule has 0 bridgehead atoms. The molecule has 0 aromatic rings. The Hall–Kier alpha value is -1.05. The number of carbonyl (C=O) groups excluding carboxylic acids is 1. The molecule has 0 unspecified atom stereocenters. The van der Waals surface area contributed by atoms with Crippen LogP contribution in [0.1, 0.15) is 20.8 Å². The predicted molar refractivity (Wildman–Crippen MR) is 51.8 cm³/mol. The molecule has 68 valence electrons. The van der Waals surface area contributed by atoms with Gasteiger partial charge in [0.2, 0.25) is 5.91 Å². The van der Waals surface area contributed by atoms with E-state index >= 15 is 0 Å². The van der Waals surface area contributed by atoms with Gasteiger partial charge in [-0.3, -0.25) is 4.79 Å². The lowest BCUT2D eigenvalue weighted by molar-refractivity contribution is -0.116. The van der Waals surface area contributed by atoms with E-state index in [0.29, 0.717) is 5.92 Å². The van der Waals surface area contributed by atoms with Crippen molar-refractivity contribution in [3.05, 3.63) is 24.3 Å². The van der Waals surface area contributed by atoms with Crippen molar-refractivity contribution in [3.8, 4) is 0 Å². The van der Waals surface area contributed by atoms with Crippen molar-refractivity contribution in [3.63, 3.8) is 0 Å². The highest BCUT2D eigenvalue weighted by Crippen LogP contribution is 1.87. The van der Waals surface area contributed by atoms with Crippen LogP contribution >= 0.6 is 0 Å². The fraction of sp³-hybridized carbons (Fsp3) is 0.500. The molecule has 0 aliphatic heterocycles. The number of carbonyl (C=O) groups is 1. The smallest absolute Gasteiger partial charge is 0.243 e. The lowest BCUT2D eigenvalue weighted by atomic mass is 10.2. The summed E-state index contributed by atoms with van der Waals surface area (Å²) in [6.45, 7) is 6.78. The zero-order chi connectivity index (χ0) is 9.40. The molecule has 0 radical (unpaired) electrons. The van der Waals surface area contributed by atoms with Crippen LogP contribution in [0.15, 0.2) is 24.3 Å². The zero-order valence-corrected chi connectivity index (χ0v) is 8.00. The van der Waals surface area contributed by atoms with Crippen molar-refractivity contribution in [2.24, 2.45) is 5.92 Å². The summed E-state index contributed by atoms with van der Waals surface area (Å²) >= 11 is 0.